The molecule has 3 aromatic rings. The number of nitrogens with zero attached hydrogens (tertiary/aromatic N) is 3. The van der Waals surface area contributed by atoms with Crippen LogP contribution >= 0.6 is 23.7 Å². The van der Waals surface area contributed by atoms with Gasteiger partial charge in [0.05, 0.1) is 25.0 Å². The molecule has 1 aromatic heterocycles. The molecule has 31 heavy (non-hydrogen) atoms. The van der Waals surface area contributed by atoms with E-state index in [0.29, 0.717) is 47.4 Å². The van der Waals surface area contributed by atoms with Gasteiger partial charge in [0.15, 0.2) is 10.9 Å². The number of hydrogen-bond acceptors (Lipinski definition) is 6. The van der Waals surface area contributed by atoms with Gasteiger partial charge in [0, 0.05) is 37.8 Å². The number of amides is 1. The smallest absolute Gasteiger partial charge is 0.260 e. The van der Waals surface area contributed by atoms with E-state index in [1.54, 1.807) is 24.3 Å². The Morgan fingerprint density at radius 1 is 1.26 bits per heavy atom. The van der Waals surface area contributed by atoms with Crippen molar-refractivity contribution in [2.24, 2.45) is 0 Å². The number of fused-ring (bicyclic) bond motifs is 1. The summed E-state index contributed by atoms with van der Waals surface area (Å²) >= 11 is 1.09. The molecular weight excluding hydrogens is 448 g/mol. The van der Waals surface area contributed by atoms with E-state index in [0.717, 1.165) is 30.5 Å². The fraction of sp³-hybridized carbons (Fsp3) is 0.333. The van der Waals surface area contributed by atoms with Crippen LogP contribution < -0.4 is 9.64 Å². The maximum absolute atomic E-state index is 14.2. The van der Waals surface area contributed by atoms with Gasteiger partial charge in [-0.2, -0.15) is 0 Å². The number of benzene rings is 2. The molecule has 2 heterocycles. The maximum Gasteiger partial charge on any atom is 0.260 e. The normalized spacial score (nSPS) is 14.3. The second-order valence-electron chi connectivity index (χ2n) is 6.87. The van der Waals surface area contributed by atoms with Crippen molar-refractivity contribution in [2.45, 2.75) is 0 Å². The van der Waals surface area contributed by atoms with Crippen molar-refractivity contribution in [3.8, 4) is 5.75 Å². The Balaban J connectivity index is 0.00000272. The number of aromatic nitrogens is 1. The molecule has 4 rings (SSSR count). The van der Waals surface area contributed by atoms with Gasteiger partial charge in [0.25, 0.3) is 5.91 Å². The molecule has 0 bridgehead atoms. The minimum absolute atomic E-state index is 0. The lowest BCUT2D eigenvalue weighted by atomic mass is 10.2. The molecule has 1 amide bonds. The predicted octanol–water partition coefficient (Wildman–Crippen LogP) is 3.98. The van der Waals surface area contributed by atoms with Gasteiger partial charge in [-0.15, -0.1) is 12.4 Å². The summed E-state index contributed by atoms with van der Waals surface area (Å²) in [6.07, 6.45) is 0. The molecule has 0 spiro atoms. The number of thiazole rings is 1. The third-order valence-electron chi connectivity index (χ3n) is 4.94. The molecule has 0 saturated carbocycles. The minimum Gasteiger partial charge on any atom is -0.497 e. The van der Waals surface area contributed by atoms with Crippen LogP contribution in [-0.2, 0) is 4.74 Å². The van der Waals surface area contributed by atoms with Crippen molar-refractivity contribution in [1.29, 1.82) is 0 Å². The Morgan fingerprint density at radius 3 is 2.77 bits per heavy atom. The van der Waals surface area contributed by atoms with Crippen molar-refractivity contribution in [2.75, 3.05) is 51.4 Å². The number of morpholine rings is 1. The van der Waals surface area contributed by atoms with E-state index in [2.05, 4.69) is 9.88 Å². The third-order valence-corrected chi connectivity index (χ3v) is 5.96. The van der Waals surface area contributed by atoms with E-state index in [1.807, 2.05) is 0 Å². The lowest BCUT2D eigenvalue weighted by molar-refractivity contribution is 0.0391. The second-order valence-corrected chi connectivity index (χ2v) is 7.88. The Hall–Kier alpha value is -2.33. The van der Waals surface area contributed by atoms with E-state index in [-0.39, 0.29) is 23.8 Å². The Labute approximate surface area is 188 Å². The van der Waals surface area contributed by atoms with Gasteiger partial charge in [-0.05, 0) is 24.3 Å². The third kappa shape index (κ3) is 5.30. The summed E-state index contributed by atoms with van der Waals surface area (Å²) in [4.78, 5) is 21.4. The second kappa shape index (κ2) is 10.3. The van der Waals surface area contributed by atoms with E-state index >= 15 is 0 Å². The Morgan fingerprint density at radius 2 is 2.03 bits per heavy atom. The number of carbonyl (C=O) groups is 1. The number of hydrogen-bond donors (Lipinski definition) is 0. The van der Waals surface area contributed by atoms with Crippen LogP contribution in [0, 0.1) is 11.6 Å². The van der Waals surface area contributed by atoms with Crippen LogP contribution in [0.2, 0.25) is 0 Å². The zero-order valence-electron chi connectivity index (χ0n) is 16.8. The van der Waals surface area contributed by atoms with Crippen LogP contribution in [0.15, 0.2) is 36.4 Å². The maximum atomic E-state index is 14.2. The number of carbonyl (C=O) groups excluding carboxylic acids is 1. The molecule has 0 radical (unpaired) electrons. The van der Waals surface area contributed by atoms with E-state index in [4.69, 9.17) is 9.47 Å². The first kappa shape index (κ1) is 23.3. The summed E-state index contributed by atoms with van der Waals surface area (Å²) in [7, 11) is 1.53. The van der Waals surface area contributed by atoms with Gasteiger partial charge in [-0.1, -0.05) is 17.4 Å². The number of halogens is 3. The number of ether oxygens (including phenoxy) is 2. The topological polar surface area (TPSA) is 54.9 Å². The molecule has 166 valence electrons. The van der Waals surface area contributed by atoms with E-state index in [9.17, 15) is 13.6 Å². The summed E-state index contributed by atoms with van der Waals surface area (Å²) in [5.41, 5.74) is 0.494. The summed E-state index contributed by atoms with van der Waals surface area (Å²) in [5, 5.41) is 0.329. The first-order valence-electron chi connectivity index (χ1n) is 9.57. The molecule has 2 aromatic carbocycles. The molecule has 0 atom stereocenters. The van der Waals surface area contributed by atoms with Crippen LogP contribution in [0.3, 0.4) is 0 Å². The van der Waals surface area contributed by atoms with E-state index < -0.39 is 11.6 Å². The monoisotopic (exact) mass is 469 g/mol. The molecule has 0 unspecified atom stereocenters. The summed E-state index contributed by atoms with van der Waals surface area (Å²) < 4.78 is 38.8. The lowest BCUT2D eigenvalue weighted by Gasteiger charge is -2.29. The first-order chi connectivity index (χ1) is 14.5. The van der Waals surface area contributed by atoms with Gasteiger partial charge in [-0.25, -0.2) is 13.8 Å². The van der Waals surface area contributed by atoms with Crippen LogP contribution in [0.5, 0.6) is 5.75 Å². The van der Waals surface area contributed by atoms with Crippen molar-refractivity contribution < 1.29 is 23.0 Å². The molecule has 1 aliphatic rings. The van der Waals surface area contributed by atoms with Crippen LogP contribution in [0.4, 0.5) is 13.9 Å². The first-order valence-corrected chi connectivity index (χ1v) is 10.4. The van der Waals surface area contributed by atoms with Crippen molar-refractivity contribution >= 4 is 45.0 Å². The molecule has 0 aliphatic carbocycles. The van der Waals surface area contributed by atoms with Crippen LogP contribution in [-0.4, -0.2) is 62.3 Å². The highest BCUT2D eigenvalue weighted by molar-refractivity contribution is 7.22. The highest BCUT2D eigenvalue weighted by Gasteiger charge is 2.24. The molecule has 6 nitrogen and oxygen atoms in total. The average Bonchev–Trinajstić information content (AvgIpc) is 3.18. The standard InChI is InChI=1S/C21H21F2N3O3S.ClH/c1-28-16-4-2-3-14(11-16)20(27)26(6-5-25-7-9-29-10-8-25)21-24-19-17(23)12-15(22)13-18(19)30-21;/h2-4,11-13H,5-10H2,1H3;1H. The minimum atomic E-state index is -0.741. The van der Waals surface area contributed by atoms with Crippen LogP contribution in [0.1, 0.15) is 10.4 Å². The highest BCUT2D eigenvalue weighted by Crippen LogP contribution is 2.32. The zero-order valence-corrected chi connectivity index (χ0v) is 18.5. The molecular formula is C21H22ClF2N3O3S. The van der Waals surface area contributed by atoms with Gasteiger partial charge in [0.1, 0.15) is 17.1 Å². The lowest BCUT2D eigenvalue weighted by Crippen LogP contribution is -2.43. The zero-order chi connectivity index (χ0) is 21.1. The van der Waals surface area contributed by atoms with Gasteiger partial charge in [-0.3, -0.25) is 14.6 Å². The van der Waals surface area contributed by atoms with Crippen molar-refractivity contribution in [3.05, 3.63) is 53.6 Å². The largest absolute Gasteiger partial charge is 0.497 e. The Kier molecular flexibility index (Phi) is 7.77. The molecule has 1 aliphatic heterocycles. The molecule has 10 heteroatoms. The van der Waals surface area contributed by atoms with E-state index in [1.165, 1.54) is 18.1 Å². The van der Waals surface area contributed by atoms with Crippen molar-refractivity contribution in [1.82, 2.24) is 9.88 Å². The average molecular weight is 470 g/mol. The fourth-order valence-electron chi connectivity index (χ4n) is 3.32. The van der Waals surface area contributed by atoms with Crippen LogP contribution in [0.25, 0.3) is 10.2 Å². The summed E-state index contributed by atoms with van der Waals surface area (Å²) in [5.74, 6) is -1.13. The Bertz CT molecular complexity index is 1060. The highest BCUT2D eigenvalue weighted by atomic mass is 35.5. The quantitative estimate of drug-likeness (QED) is 0.546. The number of anilines is 1. The van der Waals surface area contributed by atoms with Gasteiger partial charge in [0.2, 0.25) is 0 Å². The van der Waals surface area contributed by atoms with Crippen molar-refractivity contribution in [3.63, 3.8) is 0 Å². The predicted molar refractivity (Wildman–Crippen MR) is 119 cm³/mol. The SMILES string of the molecule is COc1cccc(C(=O)N(CCN2CCOCC2)c2nc3c(F)cc(F)cc3s2)c1.Cl. The number of methoxy groups -OCH3 is 1. The fourth-order valence-corrected chi connectivity index (χ4v) is 4.35. The molecule has 1 saturated heterocycles. The van der Waals surface area contributed by atoms with Gasteiger partial charge < -0.3 is 9.47 Å². The van der Waals surface area contributed by atoms with Gasteiger partial charge >= 0.3 is 0 Å². The summed E-state index contributed by atoms with van der Waals surface area (Å²) in [6.45, 7) is 3.83. The number of rotatable bonds is 6. The molecule has 1 fully saturated rings. The summed E-state index contributed by atoms with van der Waals surface area (Å²) in [6, 6.07) is 8.87. The molecule has 0 N–H and O–H groups in total.